The van der Waals surface area contributed by atoms with Gasteiger partial charge < -0.3 is 18.9 Å². The maximum absolute atomic E-state index is 12.8. The number of hydrogen-bond acceptors (Lipinski definition) is 5. The summed E-state index contributed by atoms with van der Waals surface area (Å²) in [5, 5.41) is 4.23. The van der Waals surface area contributed by atoms with E-state index in [1.165, 1.54) is 5.56 Å². The van der Waals surface area contributed by atoms with Crippen LogP contribution in [-0.2, 0) is 10.8 Å². The second-order valence-corrected chi connectivity index (χ2v) is 16.7. The molecule has 1 N–H and O–H groups in total. The summed E-state index contributed by atoms with van der Waals surface area (Å²) in [5.74, 6) is 1.22. The molecular formula is C34H43NO4Si. The highest BCUT2D eigenvalue weighted by molar-refractivity contribution is 6.74. The van der Waals surface area contributed by atoms with Gasteiger partial charge in [0.1, 0.15) is 23.7 Å². The zero-order valence-electron chi connectivity index (χ0n) is 24.5. The van der Waals surface area contributed by atoms with E-state index in [2.05, 4.69) is 69.5 Å². The zero-order valence-corrected chi connectivity index (χ0v) is 25.5. The van der Waals surface area contributed by atoms with Gasteiger partial charge in [-0.05, 0) is 68.2 Å². The molecule has 0 saturated heterocycles. The minimum Gasteiger partial charge on any atom is -0.491 e. The van der Waals surface area contributed by atoms with Crippen molar-refractivity contribution < 1.29 is 13.6 Å². The maximum Gasteiger partial charge on any atom is 0.193 e. The lowest BCUT2D eigenvalue weighted by molar-refractivity contribution is 0.106. The molecule has 0 bridgehead atoms. The van der Waals surface area contributed by atoms with Gasteiger partial charge in [-0.2, -0.15) is 0 Å². The van der Waals surface area contributed by atoms with Crippen LogP contribution in [0.1, 0.15) is 39.2 Å². The van der Waals surface area contributed by atoms with Gasteiger partial charge in [-0.25, -0.2) is 0 Å². The monoisotopic (exact) mass is 557 g/mol. The molecule has 5 nitrogen and oxygen atoms in total. The topological polar surface area (TPSA) is 60.7 Å². The van der Waals surface area contributed by atoms with Crippen molar-refractivity contribution in [3.05, 3.63) is 101 Å². The summed E-state index contributed by atoms with van der Waals surface area (Å²) in [5.41, 5.74) is 2.68. The Hall–Kier alpha value is -3.19. The van der Waals surface area contributed by atoms with Gasteiger partial charge in [0.2, 0.25) is 0 Å². The Morgan fingerprint density at radius 3 is 2.30 bits per heavy atom. The first-order valence-electron chi connectivity index (χ1n) is 14.3. The van der Waals surface area contributed by atoms with E-state index in [1.54, 1.807) is 12.1 Å². The smallest absolute Gasteiger partial charge is 0.193 e. The first-order chi connectivity index (χ1) is 19.1. The molecular weight excluding hydrogens is 514 g/mol. The van der Waals surface area contributed by atoms with Crippen LogP contribution in [0.15, 0.2) is 94.1 Å². The van der Waals surface area contributed by atoms with E-state index in [9.17, 15) is 4.79 Å². The van der Waals surface area contributed by atoms with Crippen molar-refractivity contribution in [1.82, 2.24) is 5.32 Å². The Morgan fingerprint density at radius 2 is 1.60 bits per heavy atom. The van der Waals surface area contributed by atoms with E-state index >= 15 is 0 Å². The van der Waals surface area contributed by atoms with Gasteiger partial charge in [0, 0.05) is 17.7 Å². The quantitative estimate of drug-likeness (QED) is 0.134. The van der Waals surface area contributed by atoms with Crippen LogP contribution < -0.4 is 15.5 Å². The molecule has 0 fully saturated rings. The third-order valence-electron chi connectivity index (χ3n) is 7.78. The Labute approximate surface area is 239 Å². The molecule has 0 aliphatic rings. The van der Waals surface area contributed by atoms with Gasteiger partial charge in [0.15, 0.2) is 13.7 Å². The average Bonchev–Trinajstić information content (AvgIpc) is 2.93. The van der Waals surface area contributed by atoms with E-state index in [-0.39, 0.29) is 16.6 Å². The molecule has 212 valence electrons. The molecule has 1 aromatic heterocycles. The highest BCUT2D eigenvalue weighted by Gasteiger charge is 2.39. The third kappa shape index (κ3) is 8.16. The summed E-state index contributed by atoms with van der Waals surface area (Å²) >= 11 is 0. The lowest BCUT2D eigenvalue weighted by Gasteiger charge is -2.39. The lowest BCUT2D eigenvalue weighted by atomic mass is 10.1. The number of benzene rings is 3. The first kappa shape index (κ1) is 29.8. The van der Waals surface area contributed by atoms with Crippen molar-refractivity contribution in [2.24, 2.45) is 0 Å². The summed E-state index contributed by atoms with van der Waals surface area (Å²) in [6.07, 6.45) is 2.92. The van der Waals surface area contributed by atoms with Crippen molar-refractivity contribution in [2.75, 3.05) is 19.7 Å². The molecule has 0 radical (unpaired) electrons. The van der Waals surface area contributed by atoms with Crippen LogP contribution in [0, 0.1) is 0 Å². The van der Waals surface area contributed by atoms with Crippen molar-refractivity contribution in [2.45, 2.75) is 64.3 Å². The Bertz CT molecular complexity index is 1410. The second-order valence-electron chi connectivity index (χ2n) is 11.9. The second kappa shape index (κ2) is 13.4. The fraction of sp³-hybridized carbons (Fsp3) is 0.382. The van der Waals surface area contributed by atoms with Crippen LogP contribution in [0.4, 0.5) is 0 Å². The largest absolute Gasteiger partial charge is 0.491 e. The van der Waals surface area contributed by atoms with E-state index in [0.717, 1.165) is 37.9 Å². The van der Waals surface area contributed by atoms with Gasteiger partial charge >= 0.3 is 0 Å². The van der Waals surface area contributed by atoms with Crippen LogP contribution >= 0.6 is 0 Å². The van der Waals surface area contributed by atoms with Crippen molar-refractivity contribution in [3.63, 3.8) is 0 Å². The van der Waals surface area contributed by atoms with Gasteiger partial charge in [0.25, 0.3) is 0 Å². The molecule has 1 unspecified atom stereocenters. The van der Waals surface area contributed by atoms with Gasteiger partial charge in [-0.1, -0.05) is 81.4 Å². The standard InChI is InChI=1S/C34H43NO4Si/c1-34(2,3)40(4,5)39-29(17-12-21-35-22-20-26-13-8-6-9-14-26)25-37-28-18-19-30-31(36)24-32(38-33(30)23-28)27-15-10-7-11-16-27/h6-11,13-16,18-19,23-24,29,35H,12,17,20-22,25H2,1-5H3. The van der Waals surface area contributed by atoms with E-state index in [0.29, 0.717) is 29.1 Å². The van der Waals surface area contributed by atoms with Crippen LogP contribution in [0.3, 0.4) is 0 Å². The molecule has 4 rings (SSSR count). The molecule has 0 saturated carbocycles. The number of nitrogens with one attached hydrogen (secondary N) is 1. The molecule has 1 heterocycles. The van der Waals surface area contributed by atoms with E-state index < -0.39 is 8.32 Å². The minimum absolute atomic E-state index is 0.0184. The Kier molecular flexibility index (Phi) is 10.0. The molecule has 0 spiro atoms. The first-order valence-corrected chi connectivity index (χ1v) is 17.2. The third-order valence-corrected chi connectivity index (χ3v) is 12.3. The fourth-order valence-electron chi connectivity index (χ4n) is 4.39. The Morgan fingerprint density at radius 1 is 0.900 bits per heavy atom. The number of fused-ring (bicyclic) bond motifs is 1. The maximum atomic E-state index is 12.8. The predicted molar refractivity (Wildman–Crippen MR) is 168 cm³/mol. The summed E-state index contributed by atoms with van der Waals surface area (Å²) in [6, 6.07) is 27.2. The summed E-state index contributed by atoms with van der Waals surface area (Å²) < 4.78 is 19.2. The van der Waals surface area contributed by atoms with Crippen LogP contribution in [0.2, 0.25) is 18.1 Å². The number of rotatable bonds is 13. The molecule has 3 aromatic carbocycles. The van der Waals surface area contributed by atoms with Crippen LogP contribution in [-0.4, -0.2) is 34.1 Å². The summed E-state index contributed by atoms with van der Waals surface area (Å²) in [6.45, 7) is 13.7. The molecule has 0 aliphatic heterocycles. The normalized spacial score (nSPS) is 12.9. The van der Waals surface area contributed by atoms with Crippen LogP contribution in [0.5, 0.6) is 5.75 Å². The van der Waals surface area contributed by atoms with Gasteiger partial charge in [-0.3, -0.25) is 4.79 Å². The lowest BCUT2D eigenvalue weighted by Crippen LogP contribution is -2.45. The molecule has 1 atom stereocenters. The summed E-state index contributed by atoms with van der Waals surface area (Å²) in [4.78, 5) is 12.8. The summed E-state index contributed by atoms with van der Waals surface area (Å²) in [7, 11) is -1.98. The average molecular weight is 558 g/mol. The van der Waals surface area contributed by atoms with E-state index in [1.807, 2.05) is 42.5 Å². The molecule has 6 heteroatoms. The zero-order chi connectivity index (χ0) is 28.6. The molecule has 4 aromatic rings. The number of ether oxygens (including phenoxy) is 1. The highest BCUT2D eigenvalue weighted by atomic mass is 28.4. The van der Waals surface area contributed by atoms with Crippen molar-refractivity contribution >= 4 is 19.3 Å². The molecule has 0 amide bonds. The van der Waals surface area contributed by atoms with E-state index in [4.69, 9.17) is 13.6 Å². The van der Waals surface area contributed by atoms with Gasteiger partial charge in [-0.15, -0.1) is 0 Å². The molecule has 40 heavy (non-hydrogen) atoms. The van der Waals surface area contributed by atoms with Gasteiger partial charge in [0.05, 0.1) is 11.5 Å². The SMILES string of the molecule is CC(C)(C)[Si](C)(C)OC(CCCNCCc1ccccc1)COc1ccc2c(=O)cc(-c3ccccc3)oc2c1. The fourth-order valence-corrected chi connectivity index (χ4v) is 5.76. The minimum atomic E-state index is -1.98. The molecule has 0 aliphatic carbocycles. The number of hydrogen-bond donors (Lipinski definition) is 1. The Balaban J connectivity index is 1.40. The highest BCUT2D eigenvalue weighted by Crippen LogP contribution is 2.38. The van der Waals surface area contributed by atoms with Crippen molar-refractivity contribution in [3.8, 4) is 17.1 Å². The van der Waals surface area contributed by atoms with Crippen LogP contribution in [0.25, 0.3) is 22.3 Å². The van der Waals surface area contributed by atoms with Crippen molar-refractivity contribution in [1.29, 1.82) is 0 Å². The predicted octanol–water partition coefficient (Wildman–Crippen LogP) is 7.84.